The topological polar surface area (TPSA) is 45.7 Å². The number of nitrogens with one attached hydrogen (secondary N) is 2. The third-order valence-electron chi connectivity index (χ3n) is 2.70. The minimum absolute atomic E-state index is 0. The van der Waals surface area contributed by atoms with E-state index in [4.69, 9.17) is 0 Å². The SMILES string of the molecule is C=CCNC(=NCc1cccc(COCC(F)(F)F)c1)NCC.I. The maximum Gasteiger partial charge on any atom is 0.411 e. The Morgan fingerprint density at radius 1 is 1.29 bits per heavy atom. The maximum absolute atomic E-state index is 12.1. The van der Waals surface area contributed by atoms with Crippen molar-refractivity contribution in [3.8, 4) is 0 Å². The molecule has 0 saturated heterocycles. The number of hydrogen-bond acceptors (Lipinski definition) is 2. The average molecular weight is 457 g/mol. The van der Waals surface area contributed by atoms with Crippen LogP contribution in [0.15, 0.2) is 41.9 Å². The van der Waals surface area contributed by atoms with E-state index in [9.17, 15) is 13.2 Å². The van der Waals surface area contributed by atoms with Gasteiger partial charge in [-0.25, -0.2) is 4.99 Å². The van der Waals surface area contributed by atoms with E-state index in [-0.39, 0.29) is 30.6 Å². The zero-order valence-electron chi connectivity index (χ0n) is 13.5. The molecule has 8 heteroatoms. The first kappa shape index (κ1) is 22.7. The third-order valence-corrected chi connectivity index (χ3v) is 2.70. The Labute approximate surface area is 157 Å². The quantitative estimate of drug-likeness (QED) is 0.271. The van der Waals surface area contributed by atoms with Crippen LogP contribution in [0.25, 0.3) is 0 Å². The lowest BCUT2D eigenvalue weighted by atomic mass is 10.1. The Kier molecular flexibility index (Phi) is 11.5. The molecule has 136 valence electrons. The summed E-state index contributed by atoms with van der Waals surface area (Å²) in [5.74, 6) is 0.658. The van der Waals surface area contributed by atoms with E-state index < -0.39 is 12.8 Å². The highest BCUT2D eigenvalue weighted by molar-refractivity contribution is 14.0. The van der Waals surface area contributed by atoms with Crippen LogP contribution in [0.5, 0.6) is 0 Å². The standard InChI is InChI=1S/C16H22F3N3O.HI/c1-3-8-21-15(20-4-2)22-10-13-6-5-7-14(9-13)11-23-12-16(17,18)19;/h3,5-7,9H,1,4,8,10-12H2,2H3,(H2,20,21,22);1H. The summed E-state index contributed by atoms with van der Waals surface area (Å²) in [5, 5.41) is 6.17. The monoisotopic (exact) mass is 457 g/mol. The van der Waals surface area contributed by atoms with Gasteiger partial charge in [0.05, 0.1) is 13.2 Å². The fourth-order valence-corrected chi connectivity index (χ4v) is 1.78. The van der Waals surface area contributed by atoms with Crippen LogP contribution in [-0.2, 0) is 17.9 Å². The molecule has 0 aliphatic heterocycles. The van der Waals surface area contributed by atoms with Crippen molar-refractivity contribution in [2.24, 2.45) is 4.99 Å². The van der Waals surface area contributed by atoms with E-state index >= 15 is 0 Å². The van der Waals surface area contributed by atoms with E-state index in [0.717, 1.165) is 12.1 Å². The van der Waals surface area contributed by atoms with Gasteiger partial charge in [-0.3, -0.25) is 0 Å². The normalized spacial score (nSPS) is 11.6. The predicted octanol–water partition coefficient (Wildman–Crippen LogP) is 3.62. The summed E-state index contributed by atoms with van der Waals surface area (Å²) < 4.78 is 40.8. The Morgan fingerprint density at radius 3 is 2.62 bits per heavy atom. The largest absolute Gasteiger partial charge is 0.411 e. The number of ether oxygens (including phenoxy) is 1. The van der Waals surface area contributed by atoms with Crippen LogP contribution in [0, 0.1) is 0 Å². The van der Waals surface area contributed by atoms with Crippen molar-refractivity contribution in [1.29, 1.82) is 0 Å². The lowest BCUT2D eigenvalue weighted by molar-refractivity contribution is -0.176. The van der Waals surface area contributed by atoms with Gasteiger partial charge in [-0.1, -0.05) is 30.3 Å². The highest BCUT2D eigenvalue weighted by atomic mass is 127. The zero-order valence-corrected chi connectivity index (χ0v) is 15.9. The number of nitrogens with zero attached hydrogens (tertiary/aromatic N) is 1. The molecular weight excluding hydrogens is 434 g/mol. The summed E-state index contributed by atoms with van der Waals surface area (Å²) in [4.78, 5) is 4.41. The molecule has 0 fully saturated rings. The molecule has 0 unspecified atom stereocenters. The van der Waals surface area contributed by atoms with Crippen molar-refractivity contribution in [3.05, 3.63) is 48.0 Å². The summed E-state index contributed by atoms with van der Waals surface area (Å²) >= 11 is 0. The minimum Gasteiger partial charge on any atom is -0.367 e. The van der Waals surface area contributed by atoms with Crippen LogP contribution in [0.3, 0.4) is 0 Å². The number of benzene rings is 1. The molecule has 2 N–H and O–H groups in total. The fraction of sp³-hybridized carbons (Fsp3) is 0.438. The molecule has 0 heterocycles. The Hall–Kier alpha value is -1.29. The van der Waals surface area contributed by atoms with E-state index in [1.54, 1.807) is 24.3 Å². The molecular formula is C16H23F3IN3O. The van der Waals surface area contributed by atoms with Gasteiger partial charge < -0.3 is 15.4 Å². The zero-order chi connectivity index (χ0) is 17.1. The molecule has 0 aromatic heterocycles. The fourth-order valence-electron chi connectivity index (χ4n) is 1.78. The molecule has 0 radical (unpaired) electrons. The smallest absolute Gasteiger partial charge is 0.367 e. The van der Waals surface area contributed by atoms with Gasteiger partial charge in [-0.2, -0.15) is 13.2 Å². The van der Waals surface area contributed by atoms with E-state index in [1.807, 2.05) is 13.0 Å². The minimum atomic E-state index is -4.31. The second-order valence-electron chi connectivity index (χ2n) is 4.79. The molecule has 0 aliphatic carbocycles. The Balaban J connectivity index is 0.00000529. The van der Waals surface area contributed by atoms with E-state index in [2.05, 4.69) is 26.9 Å². The number of alkyl halides is 3. The molecule has 4 nitrogen and oxygen atoms in total. The van der Waals surface area contributed by atoms with Crippen LogP contribution in [0.1, 0.15) is 18.1 Å². The summed E-state index contributed by atoms with van der Waals surface area (Å²) in [6, 6.07) is 7.16. The van der Waals surface area contributed by atoms with Gasteiger partial charge >= 0.3 is 6.18 Å². The second kappa shape index (κ2) is 12.1. The van der Waals surface area contributed by atoms with Crippen LogP contribution in [0.4, 0.5) is 13.2 Å². The van der Waals surface area contributed by atoms with Crippen LogP contribution in [-0.4, -0.2) is 31.8 Å². The first-order valence-corrected chi connectivity index (χ1v) is 7.30. The molecule has 24 heavy (non-hydrogen) atoms. The molecule has 1 aromatic rings. The van der Waals surface area contributed by atoms with Gasteiger partial charge in [0.15, 0.2) is 5.96 Å². The molecule has 1 rings (SSSR count). The van der Waals surface area contributed by atoms with Crippen molar-refractivity contribution in [1.82, 2.24) is 10.6 Å². The molecule has 1 aromatic carbocycles. The summed E-state index contributed by atoms with van der Waals surface area (Å²) in [6.07, 6.45) is -2.58. The highest BCUT2D eigenvalue weighted by Gasteiger charge is 2.27. The van der Waals surface area contributed by atoms with Gasteiger partial charge in [-0.15, -0.1) is 30.6 Å². The first-order chi connectivity index (χ1) is 10.9. The first-order valence-electron chi connectivity index (χ1n) is 7.30. The van der Waals surface area contributed by atoms with Gasteiger partial charge in [0.25, 0.3) is 0 Å². The Bertz CT molecular complexity index is 522. The predicted molar refractivity (Wildman–Crippen MR) is 101 cm³/mol. The van der Waals surface area contributed by atoms with Crippen molar-refractivity contribution in [2.75, 3.05) is 19.7 Å². The molecule has 0 bridgehead atoms. The van der Waals surface area contributed by atoms with Gasteiger partial charge in [0.1, 0.15) is 6.61 Å². The molecule has 0 aliphatic rings. The molecule has 0 amide bonds. The number of halogens is 4. The van der Waals surface area contributed by atoms with Crippen LogP contribution >= 0.6 is 24.0 Å². The molecule has 0 spiro atoms. The Morgan fingerprint density at radius 2 is 2.00 bits per heavy atom. The van der Waals surface area contributed by atoms with Crippen molar-refractivity contribution < 1.29 is 17.9 Å². The number of aliphatic imine (C=N–C) groups is 1. The van der Waals surface area contributed by atoms with Crippen molar-refractivity contribution in [3.63, 3.8) is 0 Å². The number of hydrogen-bond donors (Lipinski definition) is 2. The van der Waals surface area contributed by atoms with Gasteiger partial charge in [-0.05, 0) is 18.1 Å². The maximum atomic E-state index is 12.1. The summed E-state index contributed by atoms with van der Waals surface area (Å²) in [5.41, 5.74) is 1.58. The molecule has 0 saturated carbocycles. The lowest BCUT2D eigenvalue weighted by Gasteiger charge is -2.10. The van der Waals surface area contributed by atoms with E-state index in [0.29, 0.717) is 24.6 Å². The number of guanidine groups is 1. The molecule has 0 atom stereocenters. The van der Waals surface area contributed by atoms with E-state index in [1.165, 1.54) is 0 Å². The van der Waals surface area contributed by atoms with Gasteiger partial charge in [0.2, 0.25) is 0 Å². The highest BCUT2D eigenvalue weighted by Crippen LogP contribution is 2.16. The van der Waals surface area contributed by atoms with Crippen LogP contribution in [0.2, 0.25) is 0 Å². The van der Waals surface area contributed by atoms with Crippen molar-refractivity contribution in [2.45, 2.75) is 26.3 Å². The summed E-state index contributed by atoms with van der Waals surface area (Å²) in [6.45, 7) is 6.01. The third kappa shape index (κ3) is 10.5. The lowest BCUT2D eigenvalue weighted by Crippen LogP contribution is -2.37. The average Bonchev–Trinajstić information content (AvgIpc) is 2.49. The second-order valence-corrected chi connectivity index (χ2v) is 4.79. The summed E-state index contributed by atoms with van der Waals surface area (Å²) in [7, 11) is 0. The van der Waals surface area contributed by atoms with Gasteiger partial charge in [0, 0.05) is 13.1 Å². The van der Waals surface area contributed by atoms with Crippen LogP contribution < -0.4 is 10.6 Å². The van der Waals surface area contributed by atoms with Crippen molar-refractivity contribution >= 4 is 29.9 Å². The number of rotatable bonds is 8.